The van der Waals surface area contributed by atoms with Gasteiger partial charge >= 0.3 is 0 Å². The van der Waals surface area contributed by atoms with Crippen molar-refractivity contribution >= 4 is 11.8 Å². The van der Waals surface area contributed by atoms with E-state index in [1.165, 1.54) is 0 Å². The van der Waals surface area contributed by atoms with Gasteiger partial charge < -0.3 is 19.3 Å². The number of nitrogens with zero attached hydrogens (tertiary/aromatic N) is 2. The summed E-state index contributed by atoms with van der Waals surface area (Å²) in [6.07, 6.45) is 5.41. The number of carbonyl (C=O) groups excluding carboxylic acids is 2. The van der Waals surface area contributed by atoms with Crippen molar-refractivity contribution in [1.82, 2.24) is 9.80 Å². The number of hydrogen-bond acceptors (Lipinski definition) is 4. The van der Waals surface area contributed by atoms with E-state index < -0.39 is 0 Å². The van der Waals surface area contributed by atoms with E-state index in [0.717, 1.165) is 50.0 Å². The molecule has 0 bridgehead atoms. The fourth-order valence-electron chi connectivity index (χ4n) is 3.70. The zero-order valence-electron chi connectivity index (χ0n) is 16.2. The molecule has 2 fully saturated rings. The summed E-state index contributed by atoms with van der Waals surface area (Å²) < 4.78 is 10.9. The Balaban J connectivity index is 1.59. The van der Waals surface area contributed by atoms with Gasteiger partial charge in [0.15, 0.2) is 0 Å². The van der Waals surface area contributed by atoms with Gasteiger partial charge in [0.25, 0.3) is 0 Å². The highest BCUT2D eigenvalue weighted by atomic mass is 16.5. The molecule has 2 heterocycles. The van der Waals surface area contributed by atoms with Crippen molar-refractivity contribution in [3.63, 3.8) is 0 Å². The predicted octanol–water partition coefficient (Wildman–Crippen LogP) is 2.26. The fraction of sp³-hybridized carbons (Fsp3) is 0.619. The number of benzene rings is 1. The van der Waals surface area contributed by atoms with Gasteiger partial charge in [-0.2, -0.15) is 0 Å². The highest BCUT2D eigenvalue weighted by molar-refractivity contribution is 5.85. The number of ether oxygens (including phenoxy) is 2. The lowest BCUT2D eigenvalue weighted by Gasteiger charge is -2.31. The van der Waals surface area contributed by atoms with Crippen LogP contribution in [-0.2, 0) is 20.7 Å². The summed E-state index contributed by atoms with van der Waals surface area (Å²) in [5.41, 5.74) is 1.16. The molecule has 3 rings (SSSR count). The molecule has 2 aliphatic rings. The summed E-state index contributed by atoms with van der Waals surface area (Å²) in [5, 5.41) is 0. The van der Waals surface area contributed by atoms with E-state index in [9.17, 15) is 9.59 Å². The molecule has 0 radical (unpaired) electrons. The van der Waals surface area contributed by atoms with Crippen LogP contribution in [0.2, 0.25) is 0 Å². The molecule has 148 valence electrons. The molecule has 2 amide bonds. The summed E-state index contributed by atoms with van der Waals surface area (Å²) in [6.45, 7) is 2.89. The van der Waals surface area contributed by atoms with Crippen LogP contribution in [0.4, 0.5) is 0 Å². The van der Waals surface area contributed by atoms with Gasteiger partial charge in [0.05, 0.1) is 19.8 Å². The van der Waals surface area contributed by atoms with E-state index in [1.807, 2.05) is 29.2 Å². The lowest BCUT2D eigenvalue weighted by atomic mass is 10.1. The number of amides is 2. The Kier molecular flexibility index (Phi) is 7.10. The Morgan fingerprint density at radius 1 is 1.26 bits per heavy atom. The molecule has 2 saturated heterocycles. The minimum absolute atomic E-state index is 0.0225. The summed E-state index contributed by atoms with van der Waals surface area (Å²) in [5.74, 6) is 0.950. The molecule has 2 aliphatic heterocycles. The van der Waals surface area contributed by atoms with Crippen LogP contribution in [0.25, 0.3) is 0 Å². The third-order valence-corrected chi connectivity index (χ3v) is 5.38. The maximum atomic E-state index is 12.9. The van der Waals surface area contributed by atoms with Gasteiger partial charge in [0.1, 0.15) is 5.75 Å². The second kappa shape index (κ2) is 9.74. The quantitative estimate of drug-likeness (QED) is 0.700. The SMILES string of the molecule is COc1ccc(CCN(C[C@@H]2CCCO2)C(=O)CN2CCCCC2=O)cc1. The largest absolute Gasteiger partial charge is 0.497 e. The van der Waals surface area contributed by atoms with Crippen LogP contribution in [0, 0.1) is 0 Å². The number of piperidine rings is 1. The van der Waals surface area contributed by atoms with Crippen LogP contribution in [0.3, 0.4) is 0 Å². The van der Waals surface area contributed by atoms with Crippen LogP contribution >= 0.6 is 0 Å². The van der Waals surface area contributed by atoms with Gasteiger partial charge in [-0.15, -0.1) is 0 Å². The van der Waals surface area contributed by atoms with Crippen LogP contribution in [0.15, 0.2) is 24.3 Å². The molecule has 6 nitrogen and oxygen atoms in total. The monoisotopic (exact) mass is 374 g/mol. The smallest absolute Gasteiger partial charge is 0.242 e. The maximum Gasteiger partial charge on any atom is 0.242 e. The first kappa shape index (κ1) is 19.7. The van der Waals surface area contributed by atoms with Gasteiger partial charge in [0.2, 0.25) is 11.8 Å². The van der Waals surface area contributed by atoms with Crippen molar-refractivity contribution in [2.75, 3.05) is 39.9 Å². The Bertz CT molecular complexity index is 626. The number of methoxy groups -OCH3 is 1. The Hall–Kier alpha value is -2.08. The molecule has 6 heteroatoms. The molecule has 0 aromatic heterocycles. The first-order chi connectivity index (χ1) is 13.2. The normalized spacial score (nSPS) is 20.0. The van der Waals surface area contributed by atoms with Gasteiger partial charge in [-0.05, 0) is 49.8 Å². The number of hydrogen-bond donors (Lipinski definition) is 0. The Labute approximate surface area is 161 Å². The van der Waals surface area contributed by atoms with Crippen LogP contribution in [0.1, 0.15) is 37.7 Å². The van der Waals surface area contributed by atoms with Crippen molar-refractivity contribution in [3.05, 3.63) is 29.8 Å². The zero-order chi connectivity index (χ0) is 19.1. The van der Waals surface area contributed by atoms with Crippen molar-refractivity contribution in [3.8, 4) is 5.75 Å². The standard InChI is InChI=1S/C21H30N2O4/c1-26-18-9-7-17(8-10-18)11-13-23(15-19-5-4-14-27-19)21(25)16-22-12-3-2-6-20(22)24/h7-10,19H,2-6,11-16H2,1H3/t19-/m0/s1. The topological polar surface area (TPSA) is 59.1 Å². The summed E-state index contributed by atoms with van der Waals surface area (Å²) in [7, 11) is 1.65. The Morgan fingerprint density at radius 2 is 2.07 bits per heavy atom. The number of likely N-dealkylation sites (tertiary alicyclic amines) is 1. The van der Waals surface area contributed by atoms with Crippen LogP contribution in [0.5, 0.6) is 5.75 Å². The first-order valence-corrected chi connectivity index (χ1v) is 9.96. The minimum Gasteiger partial charge on any atom is -0.497 e. The lowest BCUT2D eigenvalue weighted by Crippen LogP contribution is -2.47. The second-order valence-corrected chi connectivity index (χ2v) is 7.35. The molecule has 0 unspecified atom stereocenters. The van der Waals surface area contributed by atoms with E-state index in [4.69, 9.17) is 9.47 Å². The van der Waals surface area contributed by atoms with Gasteiger partial charge in [-0.3, -0.25) is 9.59 Å². The minimum atomic E-state index is 0.0225. The van der Waals surface area contributed by atoms with Gasteiger partial charge in [-0.1, -0.05) is 12.1 Å². The summed E-state index contributed by atoms with van der Waals surface area (Å²) >= 11 is 0. The van der Waals surface area contributed by atoms with Crippen molar-refractivity contribution in [1.29, 1.82) is 0 Å². The lowest BCUT2D eigenvalue weighted by molar-refractivity contribution is -0.142. The third kappa shape index (κ3) is 5.70. The van der Waals surface area contributed by atoms with E-state index in [0.29, 0.717) is 26.1 Å². The van der Waals surface area contributed by atoms with E-state index in [2.05, 4.69) is 0 Å². The first-order valence-electron chi connectivity index (χ1n) is 9.96. The highest BCUT2D eigenvalue weighted by Crippen LogP contribution is 2.16. The van der Waals surface area contributed by atoms with Crippen LogP contribution in [-0.4, -0.2) is 67.6 Å². The molecular formula is C21H30N2O4. The molecule has 0 spiro atoms. The number of carbonyl (C=O) groups is 2. The molecule has 1 aromatic carbocycles. The van der Waals surface area contributed by atoms with Crippen molar-refractivity contribution < 1.29 is 19.1 Å². The Morgan fingerprint density at radius 3 is 2.74 bits per heavy atom. The summed E-state index contributed by atoms with van der Waals surface area (Å²) in [6, 6.07) is 7.94. The average molecular weight is 374 g/mol. The summed E-state index contributed by atoms with van der Waals surface area (Å²) in [4.78, 5) is 28.6. The van der Waals surface area contributed by atoms with Crippen molar-refractivity contribution in [2.24, 2.45) is 0 Å². The van der Waals surface area contributed by atoms with Crippen molar-refractivity contribution in [2.45, 2.75) is 44.6 Å². The van der Waals surface area contributed by atoms with E-state index >= 15 is 0 Å². The van der Waals surface area contributed by atoms with E-state index in [1.54, 1.807) is 12.0 Å². The number of rotatable bonds is 8. The highest BCUT2D eigenvalue weighted by Gasteiger charge is 2.26. The van der Waals surface area contributed by atoms with Gasteiger partial charge in [-0.25, -0.2) is 0 Å². The van der Waals surface area contributed by atoms with E-state index in [-0.39, 0.29) is 24.5 Å². The third-order valence-electron chi connectivity index (χ3n) is 5.38. The molecule has 27 heavy (non-hydrogen) atoms. The second-order valence-electron chi connectivity index (χ2n) is 7.35. The molecule has 1 atom stereocenters. The molecule has 0 aliphatic carbocycles. The molecule has 1 aromatic rings. The molecular weight excluding hydrogens is 344 g/mol. The maximum absolute atomic E-state index is 12.9. The predicted molar refractivity (Wildman–Crippen MR) is 103 cm³/mol. The van der Waals surface area contributed by atoms with Gasteiger partial charge in [0, 0.05) is 32.7 Å². The molecule has 0 N–H and O–H groups in total. The fourth-order valence-corrected chi connectivity index (χ4v) is 3.70. The zero-order valence-corrected chi connectivity index (χ0v) is 16.2. The average Bonchev–Trinajstić information content (AvgIpc) is 3.20. The molecule has 0 saturated carbocycles. The van der Waals surface area contributed by atoms with Crippen LogP contribution < -0.4 is 4.74 Å².